The van der Waals surface area contributed by atoms with Crippen LogP contribution in [0.5, 0.6) is 0 Å². The lowest BCUT2D eigenvalue weighted by Crippen LogP contribution is -2.11. The molecule has 0 saturated carbocycles. The highest BCUT2D eigenvalue weighted by molar-refractivity contribution is 6.18. The van der Waals surface area contributed by atoms with Gasteiger partial charge in [-0.1, -0.05) is 169 Å². The Labute approximate surface area is 356 Å². The fourth-order valence-corrected chi connectivity index (χ4v) is 8.51. The zero-order valence-corrected chi connectivity index (χ0v) is 35.5. The van der Waals surface area contributed by atoms with Crippen LogP contribution in [-0.4, -0.2) is 0 Å². The van der Waals surface area contributed by atoms with Gasteiger partial charge in [-0.2, -0.15) is 0 Å². The molecule has 0 aliphatic rings. The molecule has 0 heterocycles. The molecule has 2 nitrogen and oxygen atoms in total. The highest BCUT2D eigenvalue weighted by Crippen LogP contribution is 2.47. The molecule has 0 fully saturated rings. The monoisotopic (exact) mass is 776 g/mol. The molecule has 0 saturated heterocycles. The maximum absolute atomic E-state index is 2.43. The number of rotatable bonds is 8. The zero-order chi connectivity index (χ0) is 41.4. The summed E-state index contributed by atoms with van der Waals surface area (Å²) >= 11 is 0. The molecule has 0 N–H and O–H groups in total. The average Bonchev–Trinajstić information content (AvgIpc) is 3.26. The van der Waals surface area contributed by atoms with Gasteiger partial charge in [-0.15, -0.1) is 0 Å². The van der Waals surface area contributed by atoms with Gasteiger partial charge in [0.05, 0.1) is 0 Å². The van der Waals surface area contributed by atoms with Crippen molar-refractivity contribution >= 4 is 55.7 Å². The molecule has 60 heavy (non-hydrogen) atoms. The van der Waals surface area contributed by atoms with E-state index in [0.717, 1.165) is 34.1 Å². The van der Waals surface area contributed by atoms with E-state index in [1.165, 1.54) is 54.9 Å². The molecule has 0 spiro atoms. The SMILES string of the molecule is CC(C)(C)c1ccc(-c2cc(N(c3ccccc3)c3ccccc3)cc3c(-c4ccc(C(C)(C)C)cc4)c4ccc(N(c5ccccc5)c5ccccc5)cc4cc23)cc1. The first-order chi connectivity index (χ1) is 29.0. The van der Waals surface area contributed by atoms with Gasteiger partial charge in [0.1, 0.15) is 0 Å². The van der Waals surface area contributed by atoms with Crippen molar-refractivity contribution in [3.05, 3.63) is 217 Å². The van der Waals surface area contributed by atoms with Crippen molar-refractivity contribution in [3.63, 3.8) is 0 Å². The van der Waals surface area contributed by atoms with Crippen molar-refractivity contribution < 1.29 is 0 Å². The molecule has 9 aromatic carbocycles. The summed E-state index contributed by atoms with van der Waals surface area (Å²) in [5.74, 6) is 0. The number of nitrogens with zero attached hydrogens (tertiary/aromatic N) is 2. The fraction of sp³-hybridized carbons (Fsp3) is 0.138. The molecule has 0 unspecified atom stereocenters. The van der Waals surface area contributed by atoms with Crippen LogP contribution in [0.15, 0.2) is 206 Å². The lowest BCUT2D eigenvalue weighted by atomic mass is 9.83. The van der Waals surface area contributed by atoms with Crippen molar-refractivity contribution in [2.24, 2.45) is 0 Å². The predicted octanol–water partition coefficient (Wildman–Crippen LogP) is 16.9. The second kappa shape index (κ2) is 15.7. The number of benzene rings is 9. The predicted molar refractivity (Wildman–Crippen MR) is 259 cm³/mol. The number of fused-ring (bicyclic) bond motifs is 2. The first-order valence-corrected chi connectivity index (χ1v) is 21.1. The number of hydrogen-bond donors (Lipinski definition) is 0. The molecule has 294 valence electrons. The summed E-state index contributed by atoms with van der Waals surface area (Å²) in [6.45, 7) is 13.7. The van der Waals surface area contributed by atoms with E-state index in [2.05, 4.69) is 258 Å². The Morgan fingerprint density at radius 1 is 0.300 bits per heavy atom. The van der Waals surface area contributed by atoms with Crippen LogP contribution in [0.4, 0.5) is 34.1 Å². The van der Waals surface area contributed by atoms with Gasteiger partial charge in [0.25, 0.3) is 0 Å². The smallest absolute Gasteiger partial charge is 0.0474 e. The molecule has 0 radical (unpaired) electrons. The van der Waals surface area contributed by atoms with E-state index in [9.17, 15) is 0 Å². The second-order valence-electron chi connectivity index (χ2n) is 17.9. The topological polar surface area (TPSA) is 6.48 Å². The maximum atomic E-state index is 2.43. The quantitative estimate of drug-likeness (QED) is 0.142. The van der Waals surface area contributed by atoms with Gasteiger partial charge in [-0.05, 0) is 145 Å². The average molecular weight is 777 g/mol. The molecule has 0 bridgehead atoms. The molecule has 0 atom stereocenters. The maximum Gasteiger partial charge on any atom is 0.0474 e. The van der Waals surface area contributed by atoms with E-state index in [1.807, 2.05) is 0 Å². The van der Waals surface area contributed by atoms with Crippen LogP contribution >= 0.6 is 0 Å². The van der Waals surface area contributed by atoms with Gasteiger partial charge in [0, 0.05) is 34.1 Å². The van der Waals surface area contributed by atoms with Gasteiger partial charge in [-0.25, -0.2) is 0 Å². The van der Waals surface area contributed by atoms with Gasteiger partial charge in [0.15, 0.2) is 0 Å². The van der Waals surface area contributed by atoms with Crippen molar-refractivity contribution in [2.75, 3.05) is 9.80 Å². The van der Waals surface area contributed by atoms with E-state index >= 15 is 0 Å². The largest absolute Gasteiger partial charge is 0.310 e. The lowest BCUT2D eigenvalue weighted by molar-refractivity contribution is 0.590. The van der Waals surface area contributed by atoms with Crippen LogP contribution in [0.25, 0.3) is 43.8 Å². The molecular weight excluding hydrogens is 725 g/mol. The van der Waals surface area contributed by atoms with Crippen molar-refractivity contribution in [1.82, 2.24) is 0 Å². The van der Waals surface area contributed by atoms with E-state index in [4.69, 9.17) is 0 Å². The normalized spacial score (nSPS) is 11.8. The van der Waals surface area contributed by atoms with Gasteiger partial charge in [-0.3, -0.25) is 0 Å². The Kier molecular flexibility index (Phi) is 10.1. The molecule has 2 heteroatoms. The number of para-hydroxylation sites is 4. The van der Waals surface area contributed by atoms with Crippen molar-refractivity contribution in [1.29, 1.82) is 0 Å². The van der Waals surface area contributed by atoms with E-state index in [-0.39, 0.29) is 10.8 Å². The second-order valence-corrected chi connectivity index (χ2v) is 17.9. The van der Waals surface area contributed by atoms with Gasteiger partial charge >= 0.3 is 0 Å². The standard InChI is InChI=1S/C58H52N2/c1-57(2,3)44-31-27-41(28-32-44)53-39-51(60(48-23-15-9-16-24-48)49-25-17-10-18-26-49)40-55-54(53)38-43-37-50(59(46-19-11-7-12-20-46)47-21-13-8-14-22-47)35-36-52(43)56(55)42-29-33-45(34-30-42)58(4,5)6/h7-40H,1-6H3. The summed E-state index contributed by atoms with van der Waals surface area (Å²) < 4.78 is 0. The van der Waals surface area contributed by atoms with Gasteiger partial charge < -0.3 is 9.80 Å². The highest BCUT2D eigenvalue weighted by Gasteiger charge is 2.22. The molecule has 9 aromatic rings. The number of anilines is 6. The third kappa shape index (κ3) is 7.58. The lowest BCUT2D eigenvalue weighted by Gasteiger charge is -2.28. The van der Waals surface area contributed by atoms with Crippen molar-refractivity contribution in [3.8, 4) is 22.3 Å². The number of hydrogen-bond acceptors (Lipinski definition) is 2. The third-order valence-electron chi connectivity index (χ3n) is 11.7. The Bertz CT molecular complexity index is 2810. The minimum atomic E-state index is 0.0397. The molecular formula is C58H52N2. The van der Waals surface area contributed by atoms with Crippen LogP contribution in [0, 0.1) is 0 Å². The van der Waals surface area contributed by atoms with Crippen LogP contribution < -0.4 is 9.80 Å². The molecule has 0 aliphatic heterocycles. The summed E-state index contributed by atoms with van der Waals surface area (Å²) in [4.78, 5) is 4.75. The Morgan fingerprint density at radius 3 is 1.15 bits per heavy atom. The van der Waals surface area contributed by atoms with Crippen LogP contribution in [0.1, 0.15) is 52.7 Å². The molecule has 0 aliphatic carbocycles. The third-order valence-corrected chi connectivity index (χ3v) is 11.7. The zero-order valence-electron chi connectivity index (χ0n) is 35.5. The molecule has 0 aromatic heterocycles. The minimum Gasteiger partial charge on any atom is -0.310 e. The first kappa shape index (κ1) is 38.6. The van der Waals surface area contributed by atoms with E-state index in [1.54, 1.807) is 0 Å². The highest BCUT2D eigenvalue weighted by atomic mass is 15.1. The van der Waals surface area contributed by atoms with Gasteiger partial charge in [0.2, 0.25) is 0 Å². The van der Waals surface area contributed by atoms with Crippen LogP contribution in [0.2, 0.25) is 0 Å². The fourth-order valence-electron chi connectivity index (χ4n) is 8.51. The van der Waals surface area contributed by atoms with E-state index in [0.29, 0.717) is 0 Å². The van der Waals surface area contributed by atoms with Crippen LogP contribution in [-0.2, 0) is 10.8 Å². The summed E-state index contributed by atoms with van der Waals surface area (Å²) in [6.07, 6.45) is 0. The van der Waals surface area contributed by atoms with Crippen LogP contribution in [0.3, 0.4) is 0 Å². The van der Waals surface area contributed by atoms with Crippen molar-refractivity contribution in [2.45, 2.75) is 52.4 Å². The summed E-state index contributed by atoms with van der Waals surface area (Å²) in [5.41, 5.74) is 14.2. The molecule has 9 rings (SSSR count). The summed E-state index contributed by atoms with van der Waals surface area (Å²) in [5, 5.41) is 4.84. The Balaban J connectivity index is 1.38. The first-order valence-electron chi connectivity index (χ1n) is 21.1. The summed E-state index contributed by atoms with van der Waals surface area (Å²) in [7, 11) is 0. The Hall–Kier alpha value is -6.90. The summed E-state index contributed by atoms with van der Waals surface area (Å²) in [6, 6.07) is 75.7. The minimum absolute atomic E-state index is 0.0397. The van der Waals surface area contributed by atoms with E-state index < -0.39 is 0 Å². The molecule has 0 amide bonds. The Morgan fingerprint density at radius 2 is 0.717 bits per heavy atom.